The van der Waals surface area contributed by atoms with Gasteiger partial charge < -0.3 is 15.0 Å². The molecule has 1 N–H and O–H groups in total. The van der Waals surface area contributed by atoms with Crippen LogP contribution in [0.5, 0.6) is 0 Å². The van der Waals surface area contributed by atoms with Gasteiger partial charge in [0.05, 0.1) is 24.6 Å². The van der Waals surface area contributed by atoms with Gasteiger partial charge in [-0.15, -0.1) is 11.3 Å². The number of carbonyl (C=O) groups excluding carboxylic acids is 2. The first-order valence-electron chi connectivity index (χ1n) is 8.52. The van der Waals surface area contributed by atoms with Gasteiger partial charge in [-0.1, -0.05) is 24.3 Å². The Hall–Kier alpha value is -2.18. The third kappa shape index (κ3) is 3.19. The van der Waals surface area contributed by atoms with Gasteiger partial charge in [-0.3, -0.25) is 9.59 Å². The summed E-state index contributed by atoms with van der Waals surface area (Å²) in [5, 5.41) is 4.99. The summed E-state index contributed by atoms with van der Waals surface area (Å²) in [6, 6.07) is 13.2. The van der Waals surface area contributed by atoms with Crippen LogP contribution < -0.4 is 5.32 Å². The molecular formula is C19H20N2O3S. The van der Waals surface area contributed by atoms with E-state index in [1.807, 2.05) is 52.7 Å². The molecule has 3 heterocycles. The van der Waals surface area contributed by atoms with Crippen LogP contribution in [0.15, 0.2) is 47.8 Å². The molecule has 6 heteroatoms. The van der Waals surface area contributed by atoms with Crippen LogP contribution in [0.2, 0.25) is 0 Å². The fourth-order valence-electron chi connectivity index (χ4n) is 3.70. The number of benzene rings is 1. The van der Waals surface area contributed by atoms with Crippen molar-refractivity contribution in [1.29, 1.82) is 0 Å². The molecule has 1 aromatic heterocycles. The van der Waals surface area contributed by atoms with E-state index in [2.05, 4.69) is 5.32 Å². The minimum absolute atomic E-state index is 0.00908. The monoisotopic (exact) mass is 356 g/mol. The van der Waals surface area contributed by atoms with E-state index < -0.39 is 0 Å². The number of rotatable bonds is 4. The van der Waals surface area contributed by atoms with Crippen molar-refractivity contribution in [1.82, 2.24) is 10.2 Å². The smallest absolute Gasteiger partial charge is 0.254 e. The molecule has 0 bridgehead atoms. The van der Waals surface area contributed by atoms with Gasteiger partial charge in [0.1, 0.15) is 0 Å². The topological polar surface area (TPSA) is 58.6 Å². The Morgan fingerprint density at radius 1 is 1.20 bits per heavy atom. The molecule has 0 unspecified atom stereocenters. The van der Waals surface area contributed by atoms with E-state index in [-0.39, 0.29) is 29.9 Å². The molecule has 2 aromatic rings. The molecule has 130 valence electrons. The SMILES string of the molecule is O=C(NCc1cccs1)[C@@H]1CN(C(=O)c2ccccc2)[C@@H]2CCO[C@H]21. The van der Waals surface area contributed by atoms with E-state index in [0.717, 1.165) is 11.3 Å². The van der Waals surface area contributed by atoms with E-state index in [1.165, 1.54) is 0 Å². The molecule has 2 saturated heterocycles. The van der Waals surface area contributed by atoms with Crippen molar-refractivity contribution in [2.45, 2.75) is 25.1 Å². The van der Waals surface area contributed by atoms with E-state index >= 15 is 0 Å². The third-order valence-corrected chi connectivity index (χ3v) is 5.81. The number of hydrogen-bond acceptors (Lipinski definition) is 4. The van der Waals surface area contributed by atoms with Crippen LogP contribution in [0.3, 0.4) is 0 Å². The van der Waals surface area contributed by atoms with E-state index in [9.17, 15) is 9.59 Å². The van der Waals surface area contributed by atoms with Crippen molar-refractivity contribution in [3.05, 3.63) is 58.3 Å². The second kappa shape index (κ2) is 6.98. The van der Waals surface area contributed by atoms with Gasteiger partial charge in [0.15, 0.2) is 0 Å². The van der Waals surface area contributed by atoms with Crippen molar-refractivity contribution in [3.63, 3.8) is 0 Å². The molecule has 5 nitrogen and oxygen atoms in total. The third-order valence-electron chi connectivity index (χ3n) is 4.93. The van der Waals surface area contributed by atoms with Crippen LogP contribution in [0.4, 0.5) is 0 Å². The molecule has 4 rings (SSSR count). The first-order chi connectivity index (χ1) is 12.2. The lowest BCUT2D eigenvalue weighted by Crippen LogP contribution is -2.37. The lowest BCUT2D eigenvalue weighted by Gasteiger charge is -2.22. The number of likely N-dealkylation sites (tertiary alicyclic amines) is 1. The summed E-state index contributed by atoms with van der Waals surface area (Å²) >= 11 is 1.62. The highest BCUT2D eigenvalue weighted by Crippen LogP contribution is 2.34. The second-order valence-electron chi connectivity index (χ2n) is 6.42. The van der Waals surface area contributed by atoms with Crippen molar-refractivity contribution in [3.8, 4) is 0 Å². The van der Waals surface area contributed by atoms with Gasteiger partial charge >= 0.3 is 0 Å². The van der Waals surface area contributed by atoms with Crippen molar-refractivity contribution >= 4 is 23.2 Å². The summed E-state index contributed by atoms with van der Waals surface area (Å²) in [6.07, 6.45) is 0.591. The molecule has 1 aromatic carbocycles. The van der Waals surface area contributed by atoms with Gasteiger partial charge in [-0.25, -0.2) is 0 Å². The van der Waals surface area contributed by atoms with Crippen LogP contribution in [-0.4, -0.2) is 42.0 Å². The molecule has 3 atom stereocenters. The summed E-state index contributed by atoms with van der Waals surface area (Å²) in [7, 11) is 0. The van der Waals surface area contributed by atoms with E-state index in [1.54, 1.807) is 11.3 Å². The highest BCUT2D eigenvalue weighted by atomic mass is 32.1. The van der Waals surface area contributed by atoms with Crippen molar-refractivity contribution in [2.24, 2.45) is 5.92 Å². The number of nitrogens with one attached hydrogen (secondary N) is 1. The fraction of sp³-hybridized carbons (Fsp3) is 0.368. The zero-order valence-electron chi connectivity index (χ0n) is 13.8. The average Bonchev–Trinajstić information content (AvgIpc) is 3.37. The minimum atomic E-state index is -0.305. The van der Waals surface area contributed by atoms with Gasteiger partial charge in [-0.05, 0) is 30.0 Å². The van der Waals surface area contributed by atoms with Crippen LogP contribution >= 0.6 is 11.3 Å². The number of amides is 2. The first kappa shape index (κ1) is 16.3. The summed E-state index contributed by atoms with van der Waals surface area (Å²) in [5.41, 5.74) is 0.660. The maximum atomic E-state index is 12.8. The van der Waals surface area contributed by atoms with Gasteiger partial charge in [0.25, 0.3) is 5.91 Å². The van der Waals surface area contributed by atoms with Crippen LogP contribution in [-0.2, 0) is 16.1 Å². The Balaban J connectivity index is 1.47. The quantitative estimate of drug-likeness (QED) is 0.914. The Morgan fingerprint density at radius 3 is 2.80 bits per heavy atom. The number of carbonyl (C=O) groups is 2. The number of thiophene rings is 1. The Bertz CT molecular complexity index is 747. The molecule has 2 aliphatic rings. The Morgan fingerprint density at radius 2 is 2.04 bits per heavy atom. The predicted octanol–water partition coefficient (Wildman–Crippen LogP) is 2.29. The molecule has 0 saturated carbocycles. The normalized spacial score (nSPS) is 25.0. The van der Waals surface area contributed by atoms with Crippen LogP contribution in [0.25, 0.3) is 0 Å². The Kier molecular flexibility index (Phi) is 4.55. The summed E-state index contributed by atoms with van der Waals surface area (Å²) in [4.78, 5) is 28.4. The maximum absolute atomic E-state index is 12.8. The van der Waals surface area contributed by atoms with Crippen molar-refractivity contribution < 1.29 is 14.3 Å². The lowest BCUT2D eigenvalue weighted by molar-refractivity contribution is -0.127. The second-order valence-corrected chi connectivity index (χ2v) is 7.45. The van der Waals surface area contributed by atoms with Gasteiger partial charge in [0, 0.05) is 23.6 Å². The highest BCUT2D eigenvalue weighted by molar-refractivity contribution is 7.09. The summed E-state index contributed by atoms with van der Waals surface area (Å²) in [5.74, 6) is -0.358. The molecule has 2 amide bonds. The van der Waals surface area contributed by atoms with E-state index in [4.69, 9.17) is 4.74 Å². The minimum Gasteiger partial charge on any atom is -0.375 e. The van der Waals surface area contributed by atoms with Crippen LogP contribution in [0.1, 0.15) is 21.7 Å². The molecule has 0 aliphatic carbocycles. The fourth-order valence-corrected chi connectivity index (χ4v) is 4.34. The average molecular weight is 356 g/mol. The number of nitrogens with zero attached hydrogens (tertiary/aromatic N) is 1. The molecule has 25 heavy (non-hydrogen) atoms. The molecule has 0 spiro atoms. The largest absolute Gasteiger partial charge is 0.375 e. The summed E-state index contributed by atoms with van der Waals surface area (Å²) in [6.45, 7) is 1.54. The van der Waals surface area contributed by atoms with Gasteiger partial charge in [-0.2, -0.15) is 0 Å². The highest BCUT2D eigenvalue weighted by Gasteiger charge is 2.50. The van der Waals surface area contributed by atoms with Gasteiger partial charge in [0.2, 0.25) is 5.91 Å². The lowest BCUT2D eigenvalue weighted by atomic mass is 10.0. The molecule has 0 radical (unpaired) electrons. The molecule has 2 fully saturated rings. The maximum Gasteiger partial charge on any atom is 0.254 e. The summed E-state index contributed by atoms with van der Waals surface area (Å²) < 4.78 is 5.81. The number of ether oxygens (including phenoxy) is 1. The van der Waals surface area contributed by atoms with Crippen LogP contribution in [0, 0.1) is 5.92 Å². The number of fused-ring (bicyclic) bond motifs is 1. The molecule has 2 aliphatic heterocycles. The Labute approximate surface area is 150 Å². The van der Waals surface area contributed by atoms with E-state index in [0.29, 0.717) is 25.3 Å². The van der Waals surface area contributed by atoms with Crippen molar-refractivity contribution in [2.75, 3.05) is 13.2 Å². The zero-order valence-corrected chi connectivity index (χ0v) is 14.6. The first-order valence-corrected chi connectivity index (χ1v) is 9.40. The number of hydrogen-bond donors (Lipinski definition) is 1. The predicted molar refractivity (Wildman–Crippen MR) is 95.3 cm³/mol. The standard InChI is InChI=1S/C19H20N2O3S/c22-18(20-11-14-7-4-10-25-14)15-12-21(16-8-9-24-17(15)16)19(23)13-5-2-1-3-6-13/h1-7,10,15-17H,8-9,11-12H2,(H,20,22)/t15-,16-,17+/m1/s1. The molecular weight excluding hydrogens is 336 g/mol. The zero-order chi connectivity index (χ0) is 17.2.